The lowest BCUT2D eigenvalue weighted by atomic mass is 10.0. The number of primary amides is 1. The fourth-order valence-electron chi connectivity index (χ4n) is 2.84. The van der Waals surface area contributed by atoms with Crippen molar-refractivity contribution >= 4 is 11.6 Å². The van der Waals surface area contributed by atoms with Gasteiger partial charge in [-0.15, -0.1) is 0 Å². The number of pyridine rings is 2. The predicted molar refractivity (Wildman–Crippen MR) is 106 cm³/mol. The van der Waals surface area contributed by atoms with Crippen LogP contribution in [0.5, 0.6) is 5.75 Å². The number of benzene rings is 1. The number of nitrogens with two attached hydrogens (primary N) is 1. The van der Waals surface area contributed by atoms with Crippen LogP contribution >= 0.6 is 0 Å². The molecule has 0 aliphatic heterocycles. The molecule has 0 saturated heterocycles. The molecule has 1 aromatic carbocycles. The lowest BCUT2D eigenvalue weighted by molar-refractivity contribution is 0.0999. The molecule has 2 aromatic heterocycles. The van der Waals surface area contributed by atoms with Gasteiger partial charge in [0, 0.05) is 35.3 Å². The van der Waals surface area contributed by atoms with E-state index in [-0.39, 0.29) is 0 Å². The highest BCUT2D eigenvalue weighted by atomic mass is 16.6. The van der Waals surface area contributed by atoms with Crippen LogP contribution in [0.15, 0.2) is 60.1 Å². The molecule has 142 valence electrons. The third kappa shape index (κ3) is 3.83. The summed E-state index contributed by atoms with van der Waals surface area (Å²) in [6, 6.07) is 11.2. The van der Waals surface area contributed by atoms with Crippen molar-refractivity contribution in [3.8, 4) is 17.0 Å². The summed E-state index contributed by atoms with van der Waals surface area (Å²) in [6.07, 6.45) is 4.83. The molecule has 0 spiro atoms. The summed E-state index contributed by atoms with van der Waals surface area (Å²) in [5.74, 6) is 0.240. The predicted octanol–water partition coefficient (Wildman–Crippen LogP) is 2.96. The van der Waals surface area contributed by atoms with Gasteiger partial charge in [-0.2, -0.15) is 0 Å². The molecule has 0 aliphatic carbocycles. The number of aromatic nitrogens is 2. The Morgan fingerprint density at radius 2 is 1.71 bits per heavy atom. The van der Waals surface area contributed by atoms with Gasteiger partial charge in [0.05, 0.1) is 18.4 Å². The summed E-state index contributed by atoms with van der Waals surface area (Å²) in [5.41, 5.74) is 10.2. The first-order chi connectivity index (χ1) is 13.5. The smallest absolute Gasteiger partial charge is 0.250 e. The SMILES string of the molecule is CON=C(c1ccc(OC)cc1)c1ccc(-c2cncc(C(N)=O)c2C)nc1. The number of amides is 1. The van der Waals surface area contributed by atoms with Crippen molar-refractivity contribution in [2.75, 3.05) is 14.2 Å². The molecule has 1 amide bonds. The number of hydrogen-bond acceptors (Lipinski definition) is 6. The number of rotatable bonds is 6. The number of nitrogens with zero attached hydrogens (tertiary/aromatic N) is 3. The van der Waals surface area contributed by atoms with Crippen LogP contribution in [0.3, 0.4) is 0 Å². The second-order valence-corrected chi connectivity index (χ2v) is 6.01. The Kier molecular flexibility index (Phi) is 5.64. The highest BCUT2D eigenvalue weighted by molar-refractivity contribution is 6.12. The molecule has 0 radical (unpaired) electrons. The van der Waals surface area contributed by atoms with Crippen molar-refractivity contribution in [3.63, 3.8) is 0 Å². The largest absolute Gasteiger partial charge is 0.497 e. The minimum Gasteiger partial charge on any atom is -0.497 e. The van der Waals surface area contributed by atoms with Crippen LogP contribution in [-0.4, -0.2) is 35.8 Å². The van der Waals surface area contributed by atoms with Gasteiger partial charge in [-0.3, -0.25) is 14.8 Å². The maximum atomic E-state index is 11.5. The Morgan fingerprint density at radius 1 is 1.00 bits per heavy atom. The van der Waals surface area contributed by atoms with E-state index in [0.29, 0.717) is 17.0 Å². The second-order valence-electron chi connectivity index (χ2n) is 6.01. The molecular formula is C21H20N4O3. The van der Waals surface area contributed by atoms with Gasteiger partial charge in [-0.1, -0.05) is 5.16 Å². The molecule has 0 aliphatic rings. The standard InChI is InChI=1S/C21H20N4O3/c1-13-17(11-23-12-18(13)21(22)26)19-9-6-15(10-24-19)20(25-28-3)14-4-7-16(27-2)8-5-14/h4-12H,1-3H3,(H2,22,26). The third-order valence-corrected chi connectivity index (χ3v) is 4.34. The van der Waals surface area contributed by atoms with Crippen LogP contribution in [0.2, 0.25) is 0 Å². The summed E-state index contributed by atoms with van der Waals surface area (Å²) in [4.78, 5) is 25.2. The van der Waals surface area contributed by atoms with Crippen LogP contribution in [0.4, 0.5) is 0 Å². The molecule has 3 aromatic rings. The minimum absolute atomic E-state index is 0.378. The first kappa shape index (κ1) is 19.0. The van der Waals surface area contributed by atoms with E-state index < -0.39 is 5.91 Å². The van der Waals surface area contributed by atoms with E-state index in [1.165, 1.54) is 13.3 Å². The summed E-state index contributed by atoms with van der Waals surface area (Å²) in [7, 11) is 3.11. The molecule has 28 heavy (non-hydrogen) atoms. The maximum absolute atomic E-state index is 11.5. The van der Waals surface area contributed by atoms with Crippen LogP contribution in [0, 0.1) is 6.92 Å². The van der Waals surface area contributed by atoms with Gasteiger partial charge in [-0.05, 0) is 48.9 Å². The molecular weight excluding hydrogens is 356 g/mol. The molecule has 0 saturated carbocycles. The average Bonchev–Trinajstić information content (AvgIpc) is 2.72. The van der Waals surface area contributed by atoms with E-state index in [9.17, 15) is 4.79 Å². The number of carbonyl (C=O) groups is 1. The Labute approximate surface area is 162 Å². The number of ether oxygens (including phenoxy) is 1. The Balaban J connectivity index is 1.97. The highest BCUT2D eigenvalue weighted by Crippen LogP contribution is 2.24. The van der Waals surface area contributed by atoms with E-state index in [2.05, 4.69) is 15.1 Å². The van der Waals surface area contributed by atoms with Crippen molar-refractivity contribution in [1.82, 2.24) is 9.97 Å². The Hall–Kier alpha value is -3.74. The molecule has 3 rings (SSSR count). The van der Waals surface area contributed by atoms with Crippen LogP contribution in [0.1, 0.15) is 27.0 Å². The third-order valence-electron chi connectivity index (χ3n) is 4.34. The summed E-state index contributed by atoms with van der Waals surface area (Å²) < 4.78 is 5.19. The lowest BCUT2D eigenvalue weighted by Gasteiger charge is -2.10. The first-order valence-electron chi connectivity index (χ1n) is 8.52. The number of oxime groups is 1. The van der Waals surface area contributed by atoms with E-state index in [1.54, 1.807) is 19.5 Å². The van der Waals surface area contributed by atoms with Crippen molar-refractivity contribution in [1.29, 1.82) is 0 Å². The normalized spacial score (nSPS) is 11.2. The highest BCUT2D eigenvalue weighted by Gasteiger charge is 2.14. The van der Waals surface area contributed by atoms with Gasteiger partial charge in [0.15, 0.2) is 0 Å². The fraction of sp³-hybridized carbons (Fsp3) is 0.143. The molecule has 0 unspecified atom stereocenters. The van der Waals surface area contributed by atoms with Crippen molar-refractivity contribution < 1.29 is 14.4 Å². The van der Waals surface area contributed by atoms with Gasteiger partial charge in [-0.25, -0.2) is 0 Å². The number of hydrogen-bond donors (Lipinski definition) is 1. The quantitative estimate of drug-likeness (QED) is 0.527. The zero-order chi connectivity index (χ0) is 20.1. The molecule has 0 fully saturated rings. The molecule has 2 heterocycles. The molecule has 7 nitrogen and oxygen atoms in total. The van der Waals surface area contributed by atoms with Gasteiger partial charge < -0.3 is 15.3 Å². The van der Waals surface area contributed by atoms with Crippen LogP contribution in [-0.2, 0) is 4.84 Å². The minimum atomic E-state index is -0.516. The molecule has 0 atom stereocenters. The lowest BCUT2D eigenvalue weighted by Crippen LogP contribution is -2.13. The Morgan fingerprint density at radius 3 is 2.29 bits per heavy atom. The monoisotopic (exact) mass is 376 g/mol. The molecule has 7 heteroatoms. The van der Waals surface area contributed by atoms with E-state index in [1.807, 2.05) is 43.3 Å². The topological polar surface area (TPSA) is 99.7 Å². The first-order valence-corrected chi connectivity index (χ1v) is 8.52. The Bertz CT molecular complexity index is 1010. The average molecular weight is 376 g/mol. The maximum Gasteiger partial charge on any atom is 0.250 e. The van der Waals surface area contributed by atoms with Crippen molar-refractivity contribution in [2.45, 2.75) is 6.92 Å². The second kappa shape index (κ2) is 8.30. The number of carbonyl (C=O) groups excluding carboxylic acids is 1. The van der Waals surface area contributed by atoms with Crippen LogP contribution in [0.25, 0.3) is 11.3 Å². The van der Waals surface area contributed by atoms with E-state index >= 15 is 0 Å². The molecule has 0 bridgehead atoms. The summed E-state index contributed by atoms with van der Waals surface area (Å²) >= 11 is 0. The summed E-state index contributed by atoms with van der Waals surface area (Å²) in [6.45, 7) is 1.82. The summed E-state index contributed by atoms with van der Waals surface area (Å²) in [5, 5.41) is 4.14. The van der Waals surface area contributed by atoms with Gasteiger partial charge in [0.2, 0.25) is 0 Å². The van der Waals surface area contributed by atoms with Crippen molar-refractivity contribution in [3.05, 3.63) is 77.2 Å². The van der Waals surface area contributed by atoms with Gasteiger partial charge in [0.25, 0.3) is 5.91 Å². The molecule has 2 N–H and O–H groups in total. The van der Waals surface area contributed by atoms with Crippen LogP contribution < -0.4 is 10.5 Å². The van der Waals surface area contributed by atoms with Crippen molar-refractivity contribution in [2.24, 2.45) is 10.9 Å². The van der Waals surface area contributed by atoms with E-state index in [0.717, 1.165) is 28.0 Å². The number of methoxy groups -OCH3 is 1. The fourth-order valence-corrected chi connectivity index (χ4v) is 2.84. The van der Waals surface area contributed by atoms with Gasteiger partial charge >= 0.3 is 0 Å². The zero-order valence-corrected chi connectivity index (χ0v) is 15.8. The zero-order valence-electron chi connectivity index (χ0n) is 15.8. The van der Waals surface area contributed by atoms with E-state index in [4.69, 9.17) is 15.3 Å². The van der Waals surface area contributed by atoms with Gasteiger partial charge in [0.1, 0.15) is 18.6 Å².